The van der Waals surface area contributed by atoms with Crippen molar-refractivity contribution in [3.63, 3.8) is 0 Å². The van der Waals surface area contributed by atoms with Crippen LogP contribution in [0.25, 0.3) is 10.8 Å². The standard InChI is InChI=1S/C27H24BrN3O3/c1-33-26-15-19(16-30-31-27(32)17-29-23-12-10-22(28)11-13-23)9-14-25(26)34-18-21-7-4-6-20-5-2-3-8-24(20)21/h2-16,29H,17-18H2,1H3,(H,31,32)/b30-16-. The van der Waals surface area contributed by atoms with Crippen molar-refractivity contribution in [2.24, 2.45) is 5.10 Å². The fourth-order valence-corrected chi connectivity index (χ4v) is 3.69. The maximum Gasteiger partial charge on any atom is 0.259 e. The Kier molecular flexibility index (Phi) is 7.78. The summed E-state index contributed by atoms with van der Waals surface area (Å²) >= 11 is 3.38. The highest BCUT2D eigenvalue weighted by Gasteiger charge is 2.08. The fourth-order valence-electron chi connectivity index (χ4n) is 3.43. The summed E-state index contributed by atoms with van der Waals surface area (Å²) in [6, 6.07) is 27.5. The molecule has 0 spiro atoms. The van der Waals surface area contributed by atoms with Crippen molar-refractivity contribution in [3.05, 3.63) is 101 Å². The molecule has 4 rings (SSSR count). The van der Waals surface area contributed by atoms with Gasteiger partial charge in [-0.25, -0.2) is 5.43 Å². The zero-order valence-corrected chi connectivity index (χ0v) is 20.2. The summed E-state index contributed by atoms with van der Waals surface area (Å²) in [6.45, 7) is 0.538. The molecule has 0 radical (unpaired) electrons. The van der Waals surface area contributed by atoms with Crippen LogP contribution in [0.2, 0.25) is 0 Å². The number of carbonyl (C=O) groups is 1. The lowest BCUT2D eigenvalue weighted by Crippen LogP contribution is -2.25. The molecule has 172 valence electrons. The van der Waals surface area contributed by atoms with E-state index in [-0.39, 0.29) is 12.5 Å². The number of benzene rings is 4. The summed E-state index contributed by atoms with van der Waals surface area (Å²) in [5.74, 6) is 0.976. The van der Waals surface area contributed by atoms with Crippen LogP contribution in [0.3, 0.4) is 0 Å². The molecule has 0 aromatic heterocycles. The van der Waals surface area contributed by atoms with Gasteiger partial charge in [0.1, 0.15) is 6.61 Å². The molecular formula is C27H24BrN3O3. The smallest absolute Gasteiger partial charge is 0.259 e. The lowest BCUT2D eigenvalue weighted by Gasteiger charge is -2.12. The van der Waals surface area contributed by atoms with Gasteiger partial charge < -0.3 is 14.8 Å². The zero-order valence-electron chi connectivity index (χ0n) is 18.6. The molecule has 0 aliphatic heterocycles. The number of nitrogens with zero attached hydrogens (tertiary/aromatic N) is 1. The predicted molar refractivity (Wildman–Crippen MR) is 140 cm³/mol. The Bertz CT molecular complexity index is 1300. The van der Waals surface area contributed by atoms with Crippen molar-refractivity contribution in [3.8, 4) is 11.5 Å². The lowest BCUT2D eigenvalue weighted by atomic mass is 10.1. The van der Waals surface area contributed by atoms with Crippen molar-refractivity contribution in [2.45, 2.75) is 6.61 Å². The van der Waals surface area contributed by atoms with E-state index in [1.54, 1.807) is 13.3 Å². The number of carbonyl (C=O) groups excluding carboxylic acids is 1. The topological polar surface area (TPSA) is 72.0 Å². The summed E-state index contributed by atoms with van der Waals surface area (Å²) in [5, 5.41) is 9.42. The molecule has 0 heterocycles. The highest BCUT2D eigenvalue weighted by molar-refractivity contribution is 9.10. The maximum atomic E-state index is 12.0. The van der Waals surface area contributed by atoms with E-state index in [2.05, 4.69) is 56.0 Å². The molecule has 1 amide bonds. The molecule has 0 saturated carbocycles. The van der Waals surface area contributed by atoms with Crippen LogP contribution in [0.4, 0.5) is 5.69 Å². The number of hydrogen-bond acceptors (Lipinski definition) is 5. The molecular weight excluding hydrogens is 494 g/mol. The van der Waals surface area contributed by atoms with E-state index in [1.807, 2.05) is 60.7 Å². The minimum absolute atomic E-state index is 0.114. The van der Waals surface area contributed by atoms with Gasteiger partial charge in [-0.1, -0.05) is 58.4 Å². The van der Waals surface area contributed by atoms with E-state index < -0.39 is 0 Å². The monoisotopic (exact) mass is 517 g/mol. The minimum atomic E-state index is -0.249. The van der Waals surface area contributed by atoms with Crippen LogP contribution in [-0.4, -0.2) is 25.8 Å². The molecule has 34 heavy (non-hydrogen) atoms. The van der Waals surface area contributed by atoms with Gasteiger partial charge >= 0.3 is 0 Å². The molecule has 0 unspecified atom stereocenters. The molecule has 4 aromatic rings. The third-order valence-corrected chi connectivity index (χ3v) is 5.68. The zero-order chi connectivity index (χ0) is 23.8. The second-order valence-electron chi connectivity index (χ2n) is 7.49. The van der Waals surface area contributed by atoms with E-state index in [9.17, 15) is 4.79 Å². The number of hydrogen-bond donors (Lipinski definition) is 2. The highest BCUT2D eigenvalue weighted by atomic mass is 79.9. The quantitative estimate of drug-likeness (QED) is 0.219. The number of amides is 1. The van der Waals surface area contributed by atoms with E-state index in [0.717, 1.165) is 26.7 Å². The molecule has 4 aromatic carbocycles. The molecule has 0 saturated heterocycles. The molecule has 0 bridgehead atoms. The Morgan fingerprint density at radius 1 is 0.971 bits per heavy atom. The molecule has 0 atom stereocenters. The number of ether oxygens (including phenoxy) is 2. The summed E-state index contributed by atoms with van der Waals surface area (Å²) in [7, 11) is 1.59. The molecule has 0 aliphatic rings. The molecule has 2 N–H and O–H groups in total. The van der Waals surface area contributed by atoms with Gasteiger partial charge in [0.25, 0.3) is 5.91 Å². The minimum Gasteiger partial charge on any atom is -0.493 e. The maximum absolute atomic E-state index is 12.0. The van der Waals surface area contributed by atoms with E-state index >= 15 is 0 Å². The SMILES string of the molecule is COc1cc(/C=N\NC(=O)CNc2ccc(Br)cc2)ccc1OCc1cccc2ccccc12. The van der Waals surface area contributed by atoms with Crippen LogP contribution in [0.15, 0.2) is 94.5 Å². The third kappa shape index (κ3) is 6.14. The molecule has 0 fully saturated rings. The predicted octanol–water partition coefficient (Wildman–Crippen LogP) is 5.75. The first-order valence-electron chi connectivity index (χ1n) is 10.7. The van der Waals surface area contributed by atoms with Gasteiger partial charge in [-0.3, -0.25) is 4.79 Å². The van der Waals surface area contributed by atoms with Crippen molar-refractivity contribution in [2.75, 3.05) is 19.0 Å². The van der Waals surface area contributed by atoms with Gasteiger partial charge in [0.15, 0.2) is 11.5 Å². The summed E-state index contributed by atoms with van der Waals surface area (Å²) in [4.78, 5) is 12.0. The normalized spacial score (nSPS) is 10.9. The van der Waals surface area contributed by atoms with Gasteiger partial charge in [-0.2, -0.15) is 5.10 Å². The van der Waals surface area contributed by atoms with Crippen LogP contribution >= 0.6 is 15.9 Å². The average molecular weight is 518 g/mol. The Morgan fingerprint density at radius 2 is 1.76 bits per heavy atom. The van der Waals surface area contributed by atoms with Crippen LogP contribution in [0.5, 0.6) is 11.5 Å². The number of methoxy groups -OCH3 is 1. The van der Waals surface area contributed by atoms with Gasteiger partial charge in [-0.15, -0.1) is 0 Å². The Hall–Kier alpha value is -3.84. The lowest BCUT2D eigenvalue weighted by molar-refractivity contribution is -0.119. The van der Waals surface area contributed by atoms with Crippen LogP contribution in [0.1, 0.15) is 11.1 Å². The fraction of sp³-hybridized carbons (Fsp3) is 0.111. The van der Waals surface area contributed by atoms with E-state index in [1.165, 1.54) is 5.39 Å². The second kappa shape index (κ2) is 11.3. The first-order chi connectivity index (χ1) is 16.6. The third-order valence-electron chi connectivity index (χ3n) is 5.15. The van der Waals surface area contributed by atoms with Gasteiger partial charge in [0, 0.05) is 10.2 Å². The second-order valence-corrected chi connectivity index (χ2v) is 8.41. The van der Waals surface area contributed by atoms with Gasteiger partial charge in [-0.05, 0) is 64.4 Å². The first-order valence-corrected chi connectivity index (χ1v) is 11.5. The van der Waals surface area contributed by atoms with Gasteiger partial charge in [0.2, 0.25) is 0 Å². The van der Waals surface area contributed by atoms with Crippen LogP contribution in [0, 0.1) is 0 Å². The first kappa shape index (κ1) is 23.3. The number of anilines is 1. The van der Waals surface area contributed by atoms with Crippen molar-refractivity contribution >= 4 is 44.5 Å². The molecule has 0 aliphatic carbocycles. The largest absolute Gasteiger partial charge is 0.493 e. The molecule has 6 nitrogen and oxygen atoms in total. The average Bonchev–Trinajstić information content (AvgIpc) is 2.87. The number of halogens is 1. The van der Waals surface area contributed by atoms with Crippen LogP contribution in [-0.2, 0) is 11.4 Å². The van der Waals surface area contributed by atoms with Crippen molar-refractivity contribution in [1.82, 2.24) is 5.43 Å². The van der Waals surface area contributed by atoms with Crippen LogP contribution < -0.4 is 20.2 Å². The summed E-state index contributed by atoms with van der Waals surface area (Å²) < 4.78 is 12.5. The summed E-state index contributed by atoms with van der Waals surface area (Å²) in [6.07, 6.45) is 1.56. The van der Waals surface area contributed by atoms with E-state index in [4.69, 9.17) is 9.47 Å². The Balaban J connectivity index is 1.33. The number of hydrazone groups is 1. The van der Waals surface area contributed by atoms with Gasteiger partial charge in [0.05, 0.1) is 19.9 Å². The van der Waals surface area contributed by atoms with Crippen molar-refractivity contribution < 1.29 is 14.3 Å². The highest BCUT2D eigenvalue weighted by Crippen LogP contribution is 2.29. The number of rotatable bonds is 9. The Labute approximate surface area is 206 Å². The molecule has 7 heteroatoms. The van der Waals surface area contributed by atoms with Crippen molar-refractivity contribution in [1.29, 1.82) is 0 Å². The summed E-state index contributed by atoms with van der Waals surface area (Å²) in [5.41, 5.74) is 5.24. The number of fused-ring (bicyclic) bond motifs is 1. The van der Waals surface area contributed by atoms with E-state index in [0.29, 0.717) is 18.1 Å². The number of nitrogens with one attached hydrogen (secondary N) is 2. The Morgan fingerprint density at radius 3 is 2.59 bits per heavy atom.